The first-order chi connectivity index (χ1) is 14.4. The van der Waals surface area contributed by atoms with E-state index in [1.165, 1.54) is 0 Å². The van der Waals surface area contributed by atoms with Gasteiger partial charge in [0.15, 0.2) is 0 Å². The third-order valence-corrected chi connectivity index (χ3v) is 4.59. The Hall–Kier alpha value is -3.57. The minimum atomic E-state index is -0.433. The predicted octanol–water partition coefficient (Wildman–Crippen LogP) is 5.07. The molecular weight excluding hydrogens is 400 g/mol. The molecule has 0 saturated carbocycles. The largest absolute Gasteiger partial charge is 0.497 e. The summed E-state index contributed by atoms with van der Waals surface area (Å²) in [4.78, 5) is 25.6. The average Bonchev–Trinajstić information content (AvgIpc) is 2.75. The predicted molar refractivity (Wildman–Crippen MR) is 120 cm³/mol. The molecule has 0 aliphatic rings. The lowest BCUT2D eigenvalue weighted by Gasteiger charge is -2.12. The van der Waals surface area contributed by atoms with E-state index in [2.05, 4.69) is 10.6 Å². The molecule has 3 aromatic rings. The van der Waals surface area contributed by atoms with E-state index in [9.17, 15) is 9.59 Å². The van der Waals surface area contributed by atoms with Crippen molar-refractivity contribution in [2.24, 2.45) is 0 Å². The second kappa shape index (κ2) is 9.76. The van der Waals surface area contributed by atoms with Crippen LogP contribution in [0, 0.1) is 6.92 Å². The Bertz CT molecular complexity index is 1060. The summed E-state index contributed by atoms with van der Waals surface area (Å²) in [6.07, 6.45) is 1.61. The van der Waals surface area contributed by atoms with Crippen LogP contribution in [0.25, 0.3) is 6.08 Å². The lowest BCUT2D eigenvalue weighted by atomic mass is 10.1. The van der Waals surface area contributed by atoms with Gasteiger partial charge in [-0.3, -0.25) is 9.59 Å². The maximum atomic E-state index is 12.9. The topological polar surface area (TPSA) is 67.4 Å². The molecule has 0 atom stereocenters. The van der Waals surface area contributed by atoms with Crippen molar-refractivity contribution in [2.45, 2.75) is 6.92 Å². The van der Waals surface area contributed by atoms with E-state index in [0.29, 0.717) is 22.0 Å². The highest BCUT2D eigenvalue weighted by molar-refractivity contribution is 6.30. The normalized spacial score (nSPS) is 11.0. The monoisotopic (exact) mass is 420 g/mol. The maximum Gasteiger partial charge on any atom is 0.272 e. The molecule has 0 bridgehead atoms. The number of methoxy groups -OCH3 is 1. The number of amides is 2. The highest BCUT2D eigenvalue weighted by Gasteiger charge is 2.15. The minimum absolute atomic E-state index is 0.112. The summed E-state index contributed by atoms with van der Waals surface area (Å²) in [6.45, 7) is 1.97. The van der Waals surface area contributed by atoms with E-state index in [4.69, 9.17) is 16.3 Å². The fraction of sp³-hybridized carbons (Fsp3) is 0.0833. The summed E-state index contributed by atoms with van der Waals surface area (Å²) in [5.41, 5.74) is 2.95. The van der Waals surface area contributed by atoms with Gasteiger partial charge in [-0.05, 0) is 67.1 Å². The number of hydrogen-bond donors (Lipinski definition) is 2. The van der Waals surface area contributed by atoms with E-state index >= 15 is 0 Å². The number of aryl methyl sites for hydroxylation is 1. The van der Waals surface area contributed by atoms with Crippen LogP contribution in [0.4, 0.5) is 5.69 Å². The zero-order chi connectivity index (χ0) is 21.5. The van der Waals surface area contributed by atoms with E-state index < -0.39 is 11.8 Å². The van der Waals surface area contributed by atoms with Gasteiger partial charge in [-0.15, -0.1) is 0 Å². The third kappa shape index (κ3) is 5.72. The van der Waals surface area contributed by atoms with Crippen molar-refractivity contribution in [3.63, 3.8) is 0 Å². The van der Waals surface area contributed by atoms with Gasteiger partial charge < -0.3 is 15.4 Å². The molecule has 0 aliphatic heterocycles. The molecule has 152 valence electrons. The van der Waals surface area contributed by atoms with Gasteiger partial charge in [0.1, 0.15) is 11.4 Å². The van der Waals surface area contributed by atoms with Crippen molar-refractivity contribution < 1.29 is 14.3 Å². The fourth-order valence-corrected chi connectivity index (χ4v) is 2.78. The van der Waals surface area contributed by atoms with Gasteiger partial charge in [-0.25, -0.2) is 0 Å². The fourth-order valence-electron chi connectivity index (χ4n) is 2.66. The van der Waals surface area contributed by atoms with Gasteiger partial charge in [0.05, 0.1) is 7.11 Å². The van der Waals surface area contributed by atoms with Crippen LogP contribution in [-0.4, -0.2) is 18.9 Å². The smallest absolute Gasteiger partial charge is 0.272 e. The van der Waals surface area contributed by atoms with Crippen LogP contribution >= 0.6 is 11.6 Å². The zero-order valence-electron chi connectivity index (χ0n) is 16.6. The first kappa shape index (κ1) is 21.1. The second-order valence-electron chi connectivity index (χ2n) is 6.61. The molecule has 0 radical (unpaired) electrons. The number of carbonyl (C=O) groups is 2. The van der Waals surface area contributed by atoms with Crippen LogP contribution < -0.4 is 15.4 Å². The highest BCUT2D eigenvalue weighted by Crippen LogP contribution is 2.16. The van der Waals surface area contributed by atoms with Crippen LogP contribution in [-0.2, 0) is 4.79 Å². The van der Waals surface area contributed by atoms with Crippen molar-refractivity contribution in [2.75, 3.05) is 12.4 Å². The maximum absolute atomic E-state index is 12.9. The summed E-state index contributed by atoms with van der Waals surface area (Å²) < 4.78 is 5.16. The van der Waals surface area contributed by atoms with Crippen molar-refractivity contribution >= 4 is 35.2 Å². The number of nitrogens with one attached hydrogen (secondary N) is 2. The zero-order valence-corrected chi connectivity index (χ0v) is 17.4. The number of carbonyl (C=O) groups excluding carboxylic acids is 2. The first-order valence-corrected chi connectivity index (χ1v) is 9.63. The average molecular weight is 421 g/mol. The Morgan fingerprint density at radius 2 is 1.53 bits per heavy atom. The van der Waals surface area contributed by atoms with Crippen molar-refractivity contribution in [3.05, 3.63) is 100 Å². The molecule has 2 amide bonds. The number of ether oxygens (including phenoxy) is 1. The molecule has 0 aliphatic carbocycles. The first-order valence-electron chi connectivity index (χ1n) is 9.25. The number of halogens is 1. The molecule has 0 saturated heterocycles. The molecule has 30 heavy (non-hydrogen) atoms. The van der Waals surface area contributed by atoms with Crippen LogP contribution in [0.15, 0.2) is 78.5 Å². The summed E-state index contributed by atoms with van der Waals surface area (Å²) in [6, 6.07) is 21.0. The molecule has 6 heteroatoms. The van der Waals surface area contributed by atoms with Crippen LogP contribution in [0.2, 0.25) is 5.02 Å². The summed E-state index contributed by atoms with van der Waals surface area (Å²) in [5.74, 6) is -0.148. The summed E-state index contributed by atoms with van der Waals surface area (Å²) in [5, 5.41) is 6.03. The standard InChI is InChI=1S/C24H21ClN2O3/c1-16-3-11-20(12-4-16)26-24(29)22(15-17-5-13-21(30-2)14-6-17)27-23(28)18-7-9-19(25)10-8-18/h3-15H,1-2H3,(H,26,29)(H,27,28). The third-order valence-electron chi connectivity index (χ3n) is 4.34. The molecule has 2 N–H and O–H groups in total. The Morgan fingerprint density at radius 1 is 0.900 bits per heavy atom. The molecule has 0 fully saturated rings. The lowest BCUT2D eigenvalue weighted by Crippen LogP contribution is -2.30. The Balaban J connectivity index is 1.87. The summed E-state index contributed by atoms with van der Waals surface area (Å²) >= 11 is 5.89. The number of hydrogen-bond acceptors (Lipinski definition) is 3. The highest BCUT2D eigenvalue weighted by atomic mass is 35.5. The quantitative estimate of drug-likeness (QED) is 0.547. The van der Waals surface area contributed by atoms with Gasteiger partial charge in [-0.1, -0.05) is 41.4 Å². The van der Waals surface area contributed by atoms with E-state index in [-0.39, 0.29) is 5.70 Å². The molecule has 5 nitrogen and oxygen atoms in total. The number of benzene rings is 3. The van der Waals surface area contributed by atoms with Crippen LogP contribution in [0.5, 0.6) is 5.75 Å². The molecule has 0 aromatic heterocycles. The van der Waals surface area contributed by atoms with Crippen molar-refractivity contribution in [1.29, 1.82) is 0 Å². The summed E-state index contributed by atoms with van der Waals surface area (Å²) in [7, 11) is 1.58. The Labute approximate surface area is 180 Å². The van der Waals surface area contributed by atoms with Gasteiger partial charge in [0, 0.05) is 16.3 Å². The lowest BCUT2D eigenvalue weighted by molar-refractivity contribution is -0.113. The minimum Gasteiger partial charge on any atom is -0.497 e. The molecule has 0 spiro atoms. The van der Waals surface area contributed by atoms with Gasteiger partial charge in [0.2, 0.25) is 0 Å². The molecule has 3 aromatic carbocycles. The van der Waals surface area contributed by atoms with E-state index in [1.54, 1.807) is 73.8 Å². The molecule has 3 rings (SSSR count). The second-order valence-corrected chi connectivity index (χ2v) is 7.05. The molecular formula is C24H21ClN2O3. The van der Waals surface area contributed by atoms with Gasteiger partial charge in [0.25, 0.3) is 11.8 Å². The van der Waals surface area contributed by atoms with Crippen molar-refractivity contribution in [3.8, 4) is 5.75 Å². The molecule has 0 heterocycles. The van der Waals surface area contributed by atoms with Gasteiger partial charge in [-0.2, -0.15) is 0 Å². The number of rotatable bonds is 6. The Morgan fingerprint density at radius 3 is 2.13 bits per heavy atom. The van der Waals surface area contributed by atoms with E-state index in [0.717, 1.165) is 11.1 Å². The SMILES string of the molecule is COc1ccc(C=C(NC(=O)c2ccc(Cl)cc2)C(=O)Nc2ccc(C)cc2)cc1. The van der Waals surface area contributed by atoms with E-state index in [1.807, 2.05) is 19.1 Å². The Kier molecular flexibility index (Phi) is 6.88. The van der Waals surface area contributed by atoms with Crippen molar-refractivity contribution in [1.82, 2.24) is 5.32 Å². The molecule has 0 unspecified atom stereocenters. The van der Waals surface area contributed by atoms with Crippen LogP contribution in [0.3, 0.4) is 0 Å². The van der Waals surface area contributed by atoms with Gasteiger partial charge >= 0.3 is 0 Å². The number of anilines is 1. The van der Waals surface area contributed by atoms with Crippen LogP contribution in [0.1, 0.15) is 21.5 Å².